The average molecular weight is 260 g/mol. The van der Waals surface area contributed by atoms with Crippen molar-refractivity contribution in [2.45, 2.75) is 31.7 Å². The normalized spacial score (nSPS) is 21.5. The number of ether oxygens (including phenoxy) is 1. The minimum absolute atomic E-state index is 0.521. The van der Waals surface area contributed by atoms with Crippen molar-refractivity contribution in [2.24, 2.45) is 0 Å². The molecule has 1 saturated carbocycles. The summed E-state index contributed by atoms with van der Waals surface area (Å²) in [7, 11) is 0. The van der Waals surface area contributed by atoms with E-state index in [2.05, 4.69) is 35.3 Å². The van der Waals surface area contributed by atoms with Gasteiger partial charge in [0.1, 0.15) is 5.75 Å². The van der Waals surface area contributed by atoms with Crippen LogP contribution in [0.1, 0.15) is 31.2 Å². The van der Waals surface area contributed by atoms with Crippen molar-refractivity contribution in [2.75, 3.05) is 32.8 Å². The molecule has 0 bridgehead atoms. The third kappa shape index (κ3) is 3.10. The average Bonchev–Trinajstić information content (AvgIpc) is 3.20. The van der Waals surface area contributed by atoms with Gasteiger partial charge in [0.15, 0.2) is 0 Å². The van der Waals surface area contributed by atoms with Gasteiger partial charge in [-0.3, -0.25) is 4.90 Å². The van der Waals surface area contributed by atoms with Crippen LogP contribution in [-0.2, 0) is 0 Å². The first-order valence-corrected chi connectivity index (χ1v) is 7.55. The second kappa shape index (κ2) is 5.93. The van der Waals surface area contributed by atoms with E-state index in [1.54, 1.807) is 0 Å². The number of para-hydroxylation sites is 1. The molecule has 0 amide bonds. The van der Waals surface area contributed by atoms with Crippen LogP contribution in [0.25, 0.3) is 0 Å². The van der Waals surface area contributed by atoms with Crippen molar-refractivity contribution in [3.05, 3.63) is 29.8 Å². The summed E-state index contributed by atoms with van der Waals surface area (Å²) >= 11 is 0. The summed E-state index contributed by atoms with van der Waals surface area (Å²) < 4.78 is 5.71. The van der Waals surface area contributed by atoms with Gasteiger partial charge in [-0.1, -0.05) is 25.1 Å². The molecule has 3 nitrogen and oxygen atoms in total. The summed E-state index contributed by atoms with van der Waals surface area (Å²) in [5, 5.41) is 3.59. The Hall–Kier alpha value is -1.06. The second-order valence-corrected chi connectivity index (χ2v) is 5.61. The van der Waals surface area contributed by atoms with Crippen LogP contribution in [0, 0.1) is 0 Å². The van der Waals surface area contributed by atoms with Gasteiger partial charge in [-0.25, -0.2) is 0 Å². The number of fused-ring (bicyclic) bond motifs is 1. The van der Waals surface area contributed by atoms with Gasteiger partial charge in [0.2, 0.25) is 0 Å². The lowest BCUT2D eigenvalue weighted by Gasteiger charge is -2.20. The van der Waals surface area contributed by atoms with Gasteiger partial charge in [0, 0.05) is 37.2 Å². The van der Waals surface area contributed by atoms with Crippen LogP contribution in [-0.4, -0.2) is 43.7 Å². The molecule has 1 atom stereocenters. The fourth-order valence-corrected chi connectivity index (χ4v) is 2.94. The maximum Gasteiger partial charge on any atom is 0.122 e. The van der Waals surface area contributed by atoms with Gasteiger partial charge >= 0.3 is 0 Å². The summed E-state index contributed by atoms with van der Waals surface area (Å²) in [6.45, 7) is 7.56. The first-order valence-electron chi connectivity index (χ1n) is 7.55. The van der Waals surface area contributed by atoms with Crippen molar-refractivity contribution in [3.63, 3.8) is 0 Å². The van der Waals surface area contributed by atoms with Crippen LogP contribution in [0.4, 0.5) is 0 Å². The molecular weight excluding hydrogens is 236 g/mol. The fraction of sp³-hybridized carbons (Fsp3) is 0.625. The molecule has 0 saturated heterocycles. The van der Waals surface area contributed by atoms with Crippen LogP contribution in [0.15, 0.2) is 24.3 Å². The van der Waals surface area contributed by atoms with E-state index in [9.17, 15) is 0 Å². The quantitative estimate of drug-likeness (QED) is 0.761. The number of likely N-dealkylation sites (N-methyl/N-ethyl adjacent to an activating group) is 1. The molecular formula is C16H24N2O. The fourth-order valence-electron chi connectivity index (χ4n) is 2.94. The molecule has 19 heavy (non-hydrogen) atoms. The number of nitrogens with zero attached hydrogens (tertiary/aromatic N) is 1. The molecule has 3 rings (SSSR count). The van der Waals surface area contributed by atoms with E-state index in [0.29, 0.717) is 5.92 Å². The smallest absolute Gasteiger partial charge is 0.122 e. The van der Waals surface area contributed by atoms with Gasteiger partial charge in [-0.05, 0) is 25.5 Å². The van der Waals surface area contributed by atoms with Crippen LogP contribution < -0.4 is 10.1 Å². The molecule has 1 N–H and O–H groups in total. The topological polar surface area (TPSA) is 24.5 Å². The zero-order chi connectivity index (χ0) is 13.1. The molecule has 1 aliphatic heterocycles. The predicted octanol–water partition coefficient (Wildman–Crippen LogP) is 2.24. The van der Waals surface area contributed by atoms with E-state index in [1.165, 1.54) is 31.5 Å². The highest BCUT2D eigenvalue weighted by atomic mass is 16.5. The highest BCUT2D eigenvalue weighted by molar-refractivity contribution is 5.39. The van der Waals surface area contributed by atoms with E-state index in [-0.39, 0.29) is 0 Å². The van der Waals surface area contributed by atoms with E-state index in [0.717, 1.165) is 31.5 Å². The Morgan fingerprint density at radius 2 is 2.16 bits per heavy atom. The van der Waals surface area contributed by atoms with E-state index in [1.807, 2.05) is 6.07 Å². The molecule has 0 spiro atoms. The number of rotatable bonds is 7. The molecule has 104 valence electrons. The Bertz CT molecular complexity index is 417. The van der Waals surface area contributed by atoms with Crippen molar-refractivity contribution < 1.29 is 4.74 Å². The summed E-state index contributed by atoms with van der Waals surface area (Å²) in [4.78, 5) is 2.59. The van der Waals surface area contributed by atoms with Crippen molar-refractivity contribution in [3.8, 4) is 5.75 Å². The number of benzene rings is 1. The summed E-state index contributed by atoms with van der Waals surface area (Å²) in [5.74, 6) is 1.59. The SMILES string of the molecule is CCN(CCNCC1COc2ccccc21)C1CC1. The Kier molecular flexibility index (Phi) is 4.04. The molecule has 0 radical (unpaired) electrons. The Balaban J connectivity index is 1.41. The van der Waals surface area contributed by atoms with Gasteiger partial charge in [0.25, 0.3) is 0 Å². The Labute approximate surface area is 115 Å². The highest BCUT2D eigenvalue weighted by Gasteiger charge is 2.27. The molecule has 1 aromatic carbocycles. The maximum absolute atomic E-state index is 5.71. The minimum atomic E-state index is 0.521. The summed E-state index contributed by atoms with van der Waals surface area (Å²) in [6.07, 6.45) is 2.80. The minimum Gasteiger partial charge on any atom is -0.493 e. The molecule has 1 unspecified atom stereocenters. The Morgan fingerprint density at radius 3 is 2.95 bits per heavy atom. The molecule has 1 aliphatic carbocycles. The summed E-state index contributed by atoms with van der Waals surface area (Å²) in [5.41, 5.74) is 1.37. The van der Waals surface area contributed by atoms with Gasteiger partial charge in [-0.15, -0.1) is 0 Å². The molecule has 1 heterocycles. The van der Waals surface area contributed by atoms with E-state index in [4.69, 9.17) is 4.74 Å². The second-order valence-electron chi connectivity index (χ2n) is 5.61. The van der Waals surface area contributed by atoms with Crippen molar-refractivity contribution in [1.82, 2.24) is 10.2 Å². The lowest BCUT2D eigenvalue weighted by molar-refractivity contribution is 0.273. The first kappa shape index (κ1) is 12.9. The first-order chi connectivity index (χ1) is 9.38. The van der Waals surface area contributed by atoms with Crippen LogP contribution in [0.5, 0.6) is 5.75 Å². The molecule has 1 aromatic rings. The predicted molar refractivity (Wildman–Crippen MR) is 77.8 cm³/mol. The van der Waals surface area contributed by atoms with E-state index < -0.39 is 0 Å². The molecule has 0 aromatic heterocycles. The number of hydrogen-bond acceptors (Lipinski definition) is 3. The largest absolute Gasteiger partial charge is 0.493 e. The highest BCUT2D eigenvalue weighted by Crippen LogP contribution is 2.32. The lowest BCUT2D eigenvalue weighted by Crippen LogP contribution is -2.35. The van der Waals surface area contributed by atoms with Gasteiger partial charge < -0.3 is 10.1 Å². The lowest BCUT2D eigenvalue weighted by atomic mass is 10.0. The number of hydrogen-bond donors (Lipinski definition) is 1. The third-order valence-corrected chi connectivity index (χ3v) is 4.23. The van der Waals surface area contributed by atoms with Gasteiger partial charge in [-0.2, -0.15) is 0 Å². The van der Waals surface area contributed by atoms with Gasteiger partial charge in [0.05, 0.1) is 6.61 Å². The van der Waals surface area contributed by atoms with Crippen LogP contribution in [0.3, 0.4) is 0 Å². The monoisotopic (exact) mass is 260 g/mol. The zero-order valence-electron chi connectivity index (χ0n) is 11.8. The maximum atomic E-state index is 5.71. The van der Waals surface area contributed by atoms with Crippen molar-refractivity contribution in [1.29, 1.82) is 0 Å². The van der Waals surface area contributed by atoms with E-state index >= 15 is 0 Å². The molecule has 1 fully saturated rings. The molecule has 3 heteroatoms. The standard InChI is InChI=1S/C16H24N2O/c1-2-18(14-7-8-14)10-9-17-11-13-12-19-16-6-4-3-5-15(13)16/h3-6,13-14,17H,2,7-12H2,1H3. The zero-order valence-corrected chi connectivity index (χ0v) is 11.8. The van der Waals surface area contributed by atoms with Crippen molar-refractivity contribution >= 4 is 0 Å². The van der Waals surface area contributed by atoms with Crippen LogP contribution >= 0.6 is 0 Å². The third-order valence-electron chi connectivity index (χ3n) is 4.23. The summed E-state index contributed by atoms with van der Waals surface area (Å²) in [6, 6.07) is 9.29. The molecule has 2 aliphatic rings. The van der Waals surface area contributed by atoms with Crippen LogP contribution in [0.2, 0.25) is 0 Å². The Morgan fingerprint density at radius 1 is 1.32 bits per heavy atom. The number of nitrogens with one attached hydrogen (secondary N) is 1.